The molecule has 1 N–H and O–H groups in total. The van der Waals surface area contributed by atoms with Crippen molar-refractivity contribution in [1.29, 1.82) is 0 Å². The van der Waals surface area contributed by atoms with Gasteiger partial charge in [0.2, 0.25) is 0 Å². The maximum absolute atomic E-state index is 13.9. The van der Waals surface area contributed by atoms with Crippen molar-refractivity contribution >= 4 is 9.84 Å². The van der Waals surface area contributed by atoms with Crippen LogP contribution in [0.4, 0.5) is 4.39 Å². The Hall–Kier alpha value is -1.14. The van der Waals surface area contributed by atoms with Gasteiger partial charge in [-0.3, -0.25) is 0 Å². The van der Waals surface area contributed by atoms with Crippen molar-refractivity contribution in [3.63, 3.8) is 0 Å². The van der Waals surface area contributed by atoms with Crippen molar-refractivity contribution in [3.05, 3.63) is 29.6 Å². The van der Waals surface area contributed by atoms with E-state index in [1.165, 1.54) is 19.4 Å². The number of benzene rings is 1. The van der Waals surface area contributed by atoms with Crippen LogP contribution in [0.1, 0.15) is 24.4 Å². The molecule has 1 rings (SSSR count). The van der Waals surface area contributed by atoms with E-state index < -0.39 is 9.84 Å². The van der Waals surface area contributed by atoms with E-state index in [0.717, 1.165) is 0 Å². The second-order valence-electron chi connectivity index (χ2n) is 4.47. The molecular weight excluding hydrogens is 269 g/mol. The molecule has 4 nitrogen and oxygen atoms in total. The highest BCUT2D eigenvalue weighted by Gasteiger charge is 2.19. The molecule has 1 aromatic carbocycles. The molecule has 0 amide bonds. The van der Waals surface area contributed by atoms with Crippen molar-refractivity contribution in [3.8, 4) is 5.75 Å². The SMILES string of the molecule is CNC(CCCS(C)(=O)=O)c1c(F)cccc1OC. The lowest BCUT2D eigenvalue weighted by Gasteiger charge is -2.19. The summed E-state index contributed by atoms with van der Waals surface area (Å²) in [6, 6.07) is 4.39. The molecule has 0 aromatic heterocycles. The van der Waals surface area contributed by atoms with Gasteiger partial charge in [-0.15, -0.1) is 0 Å². The summed E-state index contributed by atoms with van der Waals surface area (Å²) in [5, 5.41) is 3.01. The number of nitrogens with one attached hydrogen (secondary N) is 1. The summed E-state index contributed by atoms with van der Waals surface area (Å²) in [5.74, 6) is 0.221. The van der Waals surface area contributed by atoms with E-state index in [4.69, 9.17) is 4.74 Å². The fourth-order valence-electron chi connectivity index (χ4n) is 2.02. The molecule has 0 fully saturated rings. The Labute approximate surface area is 113 Å². The predicted molar refractivity (Wildman–Crippen MR) is 73.7 cm³/mol. The fourth-order valence-corrected chi connectivity index (χ4v) is 2.71. The second-order valence-corrected chi connectivity index (χ2v) is 6.73. The van der Waals surface area contributed by atoms with Crippen LogP contribution in [0.3, 0.4) is 0 Å². The molecule has 0 aliphatic rings. The summed E-state index contributed by atoms with van der Waals surface area (Å²) in [6.45, 7) is 0. The molecule has 6 heteroatoms. The zero-order chi connectivity index (χ0) is 14.5. The molecule has 0 saturated heterocycles. The lowest BCUT2D eigenvalue weighted by atomic mass is 10.0. The first-order valence-corrected chi connectivity index (χ1v) is 8.12. The first-order chi connectivity index (χ1) is 8.89. The molecule has 108 valence electrons. The topological polar surface area (TPSA) is 55.4 Å². The number of halogens is 1. The largest absolute Gasteiger partial charge is 0.496 e. The van der Waals surface area contributed by atoms with Crippen LogP contribution in [0.5, 0.6) is 5.75 Å². The Balaban J connectivity index is 2.85. The highest BCUT2D eigenvalue weighted by atomic mass is 32.2. The number of hydrogen-bond donors (Lipinski definition) is 1. The molecule has 0 radical (unpaired) electrons. The predicted octanol–water partition coefficient (Wildman–Crippen LogP) is 1.92. The van der Waals surface area contributed by atoms with Crippen LogP contribution in [-0.4, -0.2) is 34.6 Å². The lowest BCUT2D eigenvalue weighted by Crippen LogP contribution is -2.19. The Morgan fingerprint density at radius 1 is 1.42 bits per heavy atom. The lowest BCUT2D eigenvalue weighted by molar-refractivity contribution is 0.389. The molecule has 1 aromatic rings. The molecule has 0 heterocycles. The summed E-state index contributed by atoms with van der Waals surface area (Å²) in [5.41, 5.74) is 0.445. The molecule has 0 saturated carbocycles. The highest BCUT2D eigenvalue weighted by Crippen LogP contribution is 2.30. The summed E-state index contributed by atoms with van der Waals surface area (Å²) in [6.07, 6.45) is 2.20. The molecule has 0 aliphatic carbocycles. The highest BCUT2D eigenvalue weighted by molar-refractivity contribution is 7.90. The fraction of sp³-hybridized carbons (Fsp3) is 0.538. The van der Waals surface area contributed by atoms with Gasteiger partial charge in [0.05, 0.1) is 7.11 Å². The minimum Gasteiger partial charge on any atom is -0.496 e. The smallest absolute Gasteiger partial charge is 0.147 e. The van der Waals surface area contributed by atoms with E-state index in [0.29, 0.717) is 24.2 Å². The molecule has 0 bridgehead atoms. The molecule has 1 unspecified atom stereocenters. The summed E-state index contributed by atoms with van der Waals surface area (Å²) in [7, 11) is 0.218. The van der Waals surface area contributed by atoms with E-state index in [2.05, 4.69) is 5.32 Å². The third-order valence-electron chi connectivity index (χ3n) is 2.94. The van der Waals surface area contributed by atoms with E-state index in [1.807, 2.05) is 0 Å². The average Bonchev–Trinajstić information content (AvgIpc) is 2.34. The monoisotopic (exact) mass is 289 g/mol. The average molecular weight is 289 g/mol. The van der Waals surface area contributed by atoms with Crippen molar-refractivity contribution in [2.45, 2.75) is 18.9 Å². The minimum absolute atomic E-state index is 0.0992. The van der Waals surface area contributed by atoms with E-state index in [9.17, 15) is 12.8 Å². The molecule has 0 spiro atoms. The van der Waals surface area contributed by atoms with Gasteiger partial charge in [-0.1, -0.05) is 6.07 Å². The van der Waals surface area contributed by atoms with Crippen LogP contribution in [0.15, 0.2) is 18.2 Å². The van der Waals surface area contributed by atoms with Gasteiger partial charge in [0.1, 0.15) is 21.4 Å². The normalized spacial score (nSPS) is 13.3. The van der Waals surface area contributed by atoms with Crippen molar-refractivity contribution < 1.29 is 17.5 Å². The summed E-state index contributed by atoms with van der Waals surface area (Å²) < 4.78 is 41.3. The Morgan fingerprint density at radius 3 is 2.63 bits per heavy atom. The van der Waals surface area contributed by atoms with Gasteiger partial charge in [0.25, 0.3) is 0 Å². The van der Waals surface area contributed by atoms with Gasteiger partial charge >= 0.3 is 0 Å². The van der Waals surface area contributed by atoms with E-state index in [-0.39, 0.29) is 17.6 Å². The van der Waals surface area contributed by atoms with E-state index in [1.54, 1.807) is 19.2 Å². The second kappa shape index (κ2) is 6.86. The number of ether oxygens (including phenoxy) is 1. The minimum atomic E-state index is -2.99. The third-order valence-corrected chi connectivity index (χ3v) is 3.97. The summed E-state index contributed by atoms with van der Waals surface area (Å²) >= 11 is 0. The maximum Gasteiger partial charge on any atom is 0.147 e. The quantitative estimate of drug-likeness (QED) is 0.833. The van der Waals surface area contributed by atoms with Gasteiger partial charge in [-0.2, -0.15) is 0 Å². The Bertz CT molecular complexity index is 517. The van der Waals surface area contributed by atoms with Gasteiger partial charge in [-0.05, 0) is 32.0 Å². The van der Waals surface area contributed by atoms with Crippen LogP contribution in [0.2, 0.25) is 0 Å². The molecular formula is C13H20FNO3S. The zero-order valence-electron chi connectivity index (χ0n) is 11.4. The number of rotatable bonds is 7. The van der Waals surface area contributed by atoms with Gasteiger partial charge in [0.15, 0.2) is 0 Å². The van der Waals surface area contributed by atoms with Crippen molar-refractivity contribution in [2.24, 2.45) is 0 Å². The Morgan fingerprint density at radius 2 is 2.11 bits per heavy atom. The Kier molecular flexibility index (Phi) is 5.75. The van der Waals surface area contributed by atoms with Crippen molar-refractivity contribution in [2.75, 3.05) is 26.2 Å². The molecule has 0 aliphatic heterocycles. The first-order valence-electron chi connectivity index (χ1n) is 6.06. The molecule has 19 heavy (non-hydrogen) atoms. The van der Waals surface area contributed by atoms with Crippen LogP contribution in [0, 0.1) is 5.82 Å². The van der Waals surface area contributed by atoms with Crippen LogP contribution in [0.25, 0.3) is 0 Å². The van der Waals surface area contributed by atoms with Gasteiger partial charge in [0, 0.05) is 23.6 Å². The van der Waals surface area contributed by atoms with Gasteiger partial charge < -0.3 is 10.1 Å². The number of methoxy groups -OCH3 is 1. The van der Waals surface area contributed by atoms with Crippen LogP contribution in [-0.2, 0) is 9.84 Å². The number of hydrogen-bond acceptors (Lipinski definition) is 4. The van der Waals surface area contributed by atoms with E-state index >= 15 is 0 Å². The number of sulfone groups is 1. The van der Waals surface area contributed by atoms with Gasteiger partial charge in [-0.25, -0.2) is 12.8 Å². The van der Waals surface area contributed by atoms with Crippen LogP contribution >= 0.6 is 0 Å². The standard InChI is InChI=1S/C13H20FNO3S/c1-15-11(7-5-9-19(3,16)17)13-10(14)6-4-8-12(13)18-2/h4,6,8,11,15H,5,7,9H2,1-3H3. The third kappa shape index (κ3) is 4.80. The maximum atomic E-state index is 13.9. The first kappa shape index (κ1) is 15.9. The summed E-state index contributed by atoms with van der Waals surface area (Å²) in [4.78, 5) is 0. The van der Waals surface area contributed by atoms with Crippen molar-refractivity contribution in [1.82, 2.24) is 5.32 Å². The zero-order valence-corrected chi connectivity index (χ0v) is 12.3. The van der Waals surface area contributed by atoms with Crippen LogP contribution < -0.4 is 10.1 Å². The molecule has 1 atom stereocenters.